The van der Waals surface area contributed by atoms with Gasteiger partial charge in [0.05, 0.1) is 6.10 Å². The third kappa shape index (κ3) is 6.38. The molecule has 0 bridgehead atoms. The molecule has 0 fully saturated rings. The van der Waals surface area contributed by atoms with Crippen LogP contribution in [-0.2, 0) is 14.3 Å². The number of rotatable bonds is 4. The SMILES string of the molecule is COC(C)CC(Br)C(=O)OC(C)(C)C. The van der Waals surface area contributed by atoms with Crippen LogP contribution >= 0.6 is 15.9 Å². The Hall–Kier alpha value is -0.0900. The summed E-state index contributed by atoms with van der Waals surface area (Å²) in [6.45, 7) is 7.47. The van der Waals surface area contributed by atoms with Crippen LogP contribution in [0.25, 0.3) is 0 Å². The summed E-state index contributed by atoms with van der Waals surface area (Å²) in [5.74, 6) is -0.235. The number of halogens is 1. The summed E-state index contributed by atoms with van der Waals surface area (Å²) in [4.78, 5) is 11.2. The van der Waals surface area contributed by atoms with Crippen LogP contribution in [0.5, 0.6) is 0 Å². The van der Waals surface area contributed by atoms with Gasteiger partial charge in [-0.1, -0.05) is 15.9 Å². The predicted molar refractivity (Wildman–Crippen MR) is 59.6 cm³/mol. The minimum atomic E-state index is -0.431. The maximum atomic E-state index is 11.5. The van der Waals surface area contributed by atoms with Gasteiger partial charge in [-0.2, -0.15) is 0 Å². The number of hydrogen-bond acceptors (Lipinski definition) is 3. The Labute approximate surface area is 94.3 Å². The Morgan fingerprint density at radius 1 is 1.43 bits per heavy atom. The lowest BCUT2D eigenvalue weighted by atomic mass is 10.2. The van der Waals surface area contributed by atoms with Gasteiger partial charge >= 0.3 is 5.97 Å². The Kier molecular flexibility index (Phi) is 5.67. The maximum Gasteiger partial charge on any atom is 0.320 e. The minimum Gasteiger partial charge on any atom is -0.459 e. The fourth-order valence-corrected chi connectivity index (χ4v) is 1.47. The van der Waals surface area contributed by atoms with E-state index in [4.69, 9.17) is 9.47 Å². The van der Waals surface area contributed by atoms with Crippen LogP contribution in [0.15, 0.2) is 0 Å². The molecule has 0 N–H and O–H groups in total. The highest BCUT2D eigenvalue weighted by atomic mass is 79.9. The van der Waals surface area contributed by atoms with Crippen molar-refractivity contribution >= 4 is 21.9 Å². The van der Waals surface area contributed by atoms with Gasteiger partial charge in [0.1, 0.15) is 10.4 Å². The van der Waals surface area contributed by atoms with E-state index >= 15 is 0 Å². The second kappa shape index (κ2) is 5.71. The zero-order valence-electron chi connectivity index (χ0n) is 9.46. The number of carbonyl (C=O) groups excluding carboxylic acids is 1. The Bertz CT molecular complexity index is 186. The van der Waals surface area contributed by atoms with E-state index in [2.05, 4.69) is 15.9 Å². The average Bonchev–Trinajstić information content (AvgIpc) is 2.00. The Balaban J connectivity index is 4.00. The van der Waals surface area contributed by atoms with E-state index in [1.807, 2.05) is 27.7 Å². The van der Waals surface area contributed by atoms with Crippen molar-refractivity contribution in [1.82, 2.24) is 0 Å². The second-order valence-corrected chi connectivity index (χ2v) is 5.39. The van der Waals surface area contributed by atoms with E-state index in [0.717, 1.165) is 0 Å². The van der Waals surface area contributed by atoms with Gasteiger partial charge in [0.2, 0.25) is 0 Å². The molecule has 3 nitrogen and oxygen atoms in total. The summed E-state index contributed by atoms with van der Waals surface area (Å²) in [6, 6.07) is 0. The Morgan fingerprint density at radius 2 is 1.93 bits per heavy atom. The fourth-order valence-electron chi connectivity index (χ4n) is 0.850. The van der Waals surface area contributed by atoms with Crippen LogP contribution in [0.3, 0.4) is 0 Å². The van der Waals surface area contributed by atoms with Crippen LogP contribution in [-0.4, -0.2) is 29.6 Å². The van der Waals surface area contributed by atoms with Gasteiger partial charge in [-0.15, -0.1) is 0 Å². The molecule has 84 valence electrons. The topological polar surface area (TPSA) is 35.5 Å². The molecule has 0 spiro atoms. The summed E-state index contributed by atoms with van der Waals surface area (Å²) >= 11 is 3.28. The second-order valence-electron chi connectivity index (χ2n) is 4.28. The molecular weight excluding hydrogens is 248 g/mol. The summed E-state index contributed by atoms with van der Waals surface area (Å²) in [7, 11) is 1.62. The van der Waals surface area contributed by atoms with Crippen molar-refractivity contribution < 1.29 is 14.3 Å². The molecule has 0 radical (unpaired) electrons. The molecule has 0 aliphatic carbocycles. The highest BCUT2D eigenvalue weighted by molar-refractivity contribution is 9.10. The van der Waals surface area contributed by atoms with Crippen LogP contribution in [0.4, 0.5) is 0 Å². The van der Waals surface area contributed by atoms with Crippen LogP contribution in [0.2, 0.25) is 0 Å². The zero-order valence-corrected chi connectivity index (χ0v) is 11.1. The highest BCUT2D eigenvalue weighted by Gasteiger charge is 2.24. The standard InChI is InChI=1S/C10H19BrO3/c1-7(13-5)6-8(11)9(12)14-10(2,3)4/h7-8H,6H2,1-5H3. The lowest BCUT2D eigenvalue weighted by Gasteiger charge is -2.22. The first kappa shape index (κ1) is 13.9. The molecule has 4 heteroatoms. The lowest BCUT2D eigenvalue weighted by molar-refractivity contribution is -0.154. The molecule has 0 aromatic carbocycles. The van der Waals surface area contributed by atoms with Crippen LogP contribution in [0.1, 0.15) is 34.1 Å². The summed E-state index contributed by atoms with van der Waals surface area (Å²) in [5.41, 5.74) is -0.431. The maximum absolute atomic E-state index is 11.5. The van der Waals surface area contributed by atoms with E-state index in [1.54, 1.807) is 7.11 Å². The smallest absolute Gasteiger partial charge is 0.320 e. The van der Waals surface area contributed by atoms with E-state index in [1.165, 1.54) is 0 Å². The summed E-state index contributed by atoms with van der Waals surface area (Å²) in [6.07, 6.45) is 0.665. The van der Waals surface area contributed by atoms with Gasteiger partial charge in [-0.3, -0.25) is 4.79 Å². The number of carbonyl (C=O) groups is 1. The number of esters is 1. The first-order chi connectivity index (χ1) is 6.26. The third-order valence-electron chi connectivity index (χ3n) is 1.60. The molecule has 0 aromatic rings. The molecule has 0 saturated carbocycles. The molecule has 0 heterocycles. The van der Waals surface area contributed by atoms with Gasteiger partial charge in [-0.05, 0) is 34.1 Å². The number of hydrogen-bond donors (Lipinski definition) is 0. The van der Waals surface area contributed by atoms with E-state index in [9.17, 15) is 4.79 Å². The van der Waals surface area contributed by atoms with Gasteiger partial charge in [0.15, 0.2) is 0 Å². The molecular formula is C10H19BrO3. The van der Waals surface area contributed by atoms with E-state index < -0.39 is 5.60 Å². The quantitative estimate of drug-likeness (QED) is 0.580. The predicted octanol–water partition coefficient (Wildman–Crippen LogP) is 2.52. The largest absolute Gasteiger partial charge is 0.459 e. The molecule has 2 unspecified atom stereocenters. The monoisotopic (exact) mass is 266 g/mol. The first-order valence-electron chi connectivity index (χ1n) is 4.66. The van der Waals surface area contributed by atoms with Crippen molar-refractivity contribution in [2.45, 2.75) is 50.6 Å². The molecule has 0 aliphatic heterocycles. The number of ether oxygens (including phenoxy) is 2. The van der Waals surface area contributed by atoms with Crippen LogP contribution < -0.4 is 0 Å². The third-order valence-corrected chi connectivity index (χ3v) is 2.35. The van der Waals surface area contributed by atoms with Crippen LogP contribution in [0, 0.1) is 0 Å². The number of methoxy groups -OCH3 is 1. The highest BCUT2D eigenvalue weighted by Crippen LogP contribution is 2.16. The van der Waals surface area contributed by atoms with Crippen molar-refractivity contribution in [2.75, 3.05) is 7.11 Å². The van der Waals surface area contributed by atoms with Crippen molar-refractivity contribution in [2.24, 2.45) is 0 Å². The minimum absolute atomic E-state index is 0.0480. The molecule has 0 rings (SSSR count). The van der Waals surface area contributed by atoms with Crippen molar-refractivity contribution in [3.8, 4) is 0 Å². The normalized spacial score (nSPS) is 16.1. The molecule has 0 aromatic heterocycles. The lowest BCUT2D eigenvalue weighted by Crippen LogP contribution is -2.30. The van der Waals surface area contributed by atoms with Gasteiger partial charge in [-0.25, -0.2) is 0 Å². The summed E-state index contributed by atoms with van der Waals surface area (Å²) < 4.78 is 10.3. The summed E-state index contributed by atoms with van der Waals surface area (Å²) in [5, 5.41) is 0. The van der Waals surface area contributed by atoms with Gasteiger partial charge in [0.25, 0.3) is 0 Å². The van der Waals surface area contributed by atoms with Crippen molar-refractivity contribution in [3.63, 3.8) is 0 Å². The van der Waals surface area contributed by atoms with E-state index in [0.29, 0.717) is 6.42 Å². The van der Waals surface area contributed by atoms with Gasteiger partial charge < -0.3 is 9.47 Å². The van der Waals surface area contributed by atoms with E-state index in [-0.39, 0.29) is 16.9 Å². The number of alkyl halides is 1. The van der Waals surface area contributed by atoms with Crippen molar-refractivity contribution in [3.05, 3.63) is 0 Å². The molecule has 0 saturated heterocycles. The molecule has 0 amide bonds. The molecule has 2 atom stereocenters. The Morgan fingerprint density at radius 3 is 2.29 bits per heavy atom. The first-order valence-corrected chi connectivity index (χ1v) is 5.57. The van der Waals surface area contributed by atoms with Gasteiger partial charge in [0, 0.05) is 7.11 Å². The average molecular weight is 267 g/mol. The fraction of sp³-hybridized carbons (Fsp3) is 0.900. The molecule has 0 aliphatic rings. The van der Waals surface area contributed by atoms with Crippen molar-refractivity contribution in [1.29, 1.82) is 0 Å². The molecule has 14 heavy (non-hydrogen) atoms. The zero-order chi connectivity index (χ0) is 11.4.